The monoisotopic (exact) mass is 391 g/mol. The minimum atomic E-state index is -3.71. The van der Waals surface area contributed by atoms with Crippen molar-refractivity contribution < 1.29 is 13.2 Å². The molecule has 1 aromatic carbocycles. The van der Waals surface area contributed by atoms with Crippen LogP contribution >= 0.6 is 0 Å². The third kappa shape index (κ3) is 5.54. The predicted octanol–water partition coefficient (Wildman–Crippen LogP) is 3.80. The molecule has 7 heteroatoms. The van der Waals surface area contributed by atoms with Gasteiger partial charge in [0, 0.05) is 32.1 Å². The zero-order chi connectivity index (χ0) is 19.3. The van der Waals surface area contributed by atoms with Gasteiger partial charge in [0.1, 0.15) is 5.84 Å². The van der Waals surface area contributed by atoms with Crippen molar-refractivity contribution in [2.75, 3.05) is 18.9 Å². The first-order valence-electron chi connectivity index (χ1n) is 9.89. The van der Waals surface area contributed by atoms with Crippen molar-refractivity contribution in [3.8, 4) is 0 Å². The third-order valence-corrected chi connectivity index (χ3v) is 6.82. The minimum absolute atomic E-state index is 0.0102. The zero-order valence-electron chi connectivity index (χ0n) is 16.0. The molecule has 0 spiro atoms. The summed E-state index contributed by atoms with van der Waals surface area (Å²) in [5.41, 5.74) is 0.619. The zero-order valence-corrected chi connectivity index (χ0v) is 16.8. The maximum atomic E-state index is 12.4. The Morgan fingerprint density at radius 2 is 1.85 bits per heavy atom. The van der Waals surface area contributed by atoms with Crippen LogP contribution in [0.1, 0.15) is 57.8 Å². The minimum Gasteiger partial charge on any atom is -0.362 e. The Balaban J connectivity index is 1.55. The van der Waals surface area contributed by atoms with Gasteiger partial charge in [-0.2, -0.15) is 8.42 Å². The molecule has 1 aliphatic carbocycles. The van der Waals surface area contributed by atoms with Crippen LogP contribution in [0.15, 0.2) is 33.6 Å². The lowest BCUT2D eigenvalue weighted by molar-refractivity contribution is -0.116. The Kier molecular flexibility index (Phi) is 6.52. The summed E-state index contributed by atoms with van der Waals surface area (Å²) in [5.74, 6) is 1.27. The highest BCUT2D eigenvalue weighted by molar-refractivity contribution is 7.90. The summed E-state index contributed by atoms with van der Waals surface area (Å²) in [5, 5.41) is 2.86. The molecule has 148 valence electrons. The summed E-state index contributed by atoms with van der Waals surface area (Å²) in [6, 6.07) is 6.27. The topological polar surface area (TPSA) is 78.8 Å². The molecule has 1 saturated heterocycles. The van der Waals surface area contributed by atoms with E-state index in [0.717, 1.165) is 19.4 Å². The fourth-order valence-electron chi connectivity index (χ4n) is 3.85. The second-order valence-electron chi connectivity index (χ2n) is 7.62. The van der Waals surface area contributed by atoms with Crippen LogP contribution < -0.4 is 5.32 Å². The van der Waals surface area contributed by atoms with Gasteiger partial charge in [-0.25, -0.2) is 0 Å². The molecule has 1 heterocycles. The number of hydrogen-bond acceptors (Lipinski definition) is 3. The van der Waals surface area contributed by atoms with E-state index >= 15 is 0 Å². The van der Waals surface area contributed by atoms with Gasteiger partial charge in [0.25, 0.3) is 10.0 Å². The first-order valence-corrected chi connectivity index (χ1v) is 11.3. The van der Waals surface area contributed by atoms with E-state index < -0.39 is 10.0 Å². The molecular formula is C20H29N3O3S. The Morgan fingerprint density at radius 1 is 1.15 bits per heavy atom. The van der Waals surface area contributed by atoms with E-state index in [-0.39, 0.29) is 10.8 Å². The second kappa shape index (κ2) is 8.87. The lowest BCUT2D eigenvalue weighted by Crippen LogP contribution is -2.20. The summed E-state index contributed by atoms with van der Waals surface area (Å²) in [4.78, 5) is 14.2. The molecule has 0 unspecified atom stereocenters. The Hall–Kier alpha value is -1.89. The molecule has 3 rings (SSSR count). The van der Waals surface area contributed by atoms with Crippen molar-refractivity contribution in [2.45, 2.75) is 62.7 Å². The molecule has 2 fully saturated rings. The maximum absolute atomic E-state index is 12.4. The Bertz CT molecular complexity index is 781. The number of carbonyl (C=O) groups is 1. The van der Waals surface area contributed by atoms with E-state index in [9.17, 15) is 13.2 Å². The van der Waals surface area contributed by atoms with Crippen LogP contribution in [0.25, 0.3) is 0 Å². The van der Waals surface area contributed by atoms with Gasteiger partial charge in [-0.05, 0) is 43.0 Å². The molecule has 0 atom stereocenters. The molecule has 1 amide bonds. The van der Waals surface area contributed by atoms with Gasteiger partial charge in [-0.15, -0.1) is 4.40 Å². The molecule has 2 aliphatic rings. The molecule has 1 aromatic rings. The molecule has 1 saturated carbocycles. The normalized spacial score (nSPS) is 20.2. The van der Waals surface area contributed by atoms with Crippen molar-refractivity contribution in [2.24, 2.45) is 10.3 Å². The van der Waals surface area contributed by atoms with Gasteiger partial charge >= 0.3 is 0 Å². The first kappa shape index (κ1) is 19.9. The number of amidine groups is 1. The van der Waals surface area contributed by atoms with Gasteiger partial charge in [0.15, 0.2) is 0 Å². The smallest absolute Gasteiger partial charge is 0.283 e. The first-order chi connectivity index (χ1) is 12.9. The van der Waals surface area contributed by atoms with Crippen LogP contribution in [-0.2, 0) is 14.8 Å². The van der Waals surface area contributed by atoms with Crippen molar-refractivity contribution in [1.29, 1.82) is 0 Å². The molecule has 0 radical (unpaired) electrons. The summed E-state index contributed by atoms with van der Waals surface area (Å²) in [6.07, 6.45) is 9.41. The molecular weight excluding hydrogens is 362 g/mol. The van der Waals surface area contributed by atoms with E-state index in [4.69, 9.17) is 0 Å². The van der Waals surface area contributed by atoms with E-state index in [1.54, 1.807) is 12.1 Å². The summed E-state index contributed by atoms with van der Waals surface area (Å²) in [6.45, 7) is 0.834. The fourth-order valence-corrected chi connectivity index (χ4v) is 4.94. The van der Waals surface area contributed by atoms with E-state index in [1.165, 1.54) is 44.2 Å². The number of rotatable bonds is 6. The predicted molar refractivity (Wildman–Crippen MR) is 107 cm³/mol. The average Bonchev–Trinajstić information content (AvgIpc) is 3.05. The van der Waals surface area contributed by atoms with Crippen molar-refractivity contribution in [1.82, 2.24) is 4.90 Å². The third-order valence-electron chi connectivity index (χ3n) is 5.50. The molecule has 0 aromatic heterocycles. The molecule has 6 nitrogen and oxygen atoms in total. The quantitative estimate of drug-likeness (QED) is 0.800. The number of carbonyl (C=O) groups excluding carboxylic acids is 1. The van der Waals surface area contributed by atoms with Crippen LogP contribution in [0.5, 0.6) is 0 Å². The second-order valence-corrected chi connectivity index (χ2v) is 9.23. The van der Waals surface area contributed by atoms with Crippen molar-refractivity contribution in [3.63, 3.8) is 0 Å². The van der Waals surface area contributed by atoms with Crippen LogP contribution in [0.2, 0.25) is 0 Å². The Labute approximate surface area is 162 Å². The highest BCUT2D eigenvalue weighted by atomic mass is 32.2. The molecule has 1 N–H and O–H groups in total. The van der Waals surface area contributed by atoms with Gasteiger partial charge in [-0.1, -0.05) is 32.1 Å². The number of likely N-dealkylation sites (tertiary alicyclic amines) is 1. The molecule has 27 heavy (non-hydrogen) atoms. The van der Waals surface area contributed by atoms with Crippen LogP contribution in [-0.4, -0.2) is 38.7 Å². The summed E-state index contributed by atoms with van der Waals surface area (Å²) in [7, 11) is -1.86. The lowest BCUT2D eigenvalue weighted by atomic mass is 9.86. The largest absolute Gasteiger partial charge is 0.362 e. The highest BCUT2D eigenvalue weighted by Crippen LogP contribution is 2.27. The molecule has 1 aliphatic heterocycles. The SMILES string of the molecule is CN1CCC/C1=N\S(=O)(=O)c1ccc(NC(=O)CCC2CCCCC2)cc1. The van der Waals surface area contributed by atoms with Crippen LogP contribution in [0.3, 0.4) is 0 Å². The number of anilines is 1. The van der Waals surface area contributed by atoms with Gasteiger partial charge < -0.3 is 10.2 Å². The van der Waals surface area contributed by atoms with Crippen molar-refractivity contribution in [3.05, 3.63) is 24.3 Å². The van der Waals surface area contributed by atoms with Gasteiger partial charge in [0.05, 0.1) is 4.90 Å². The highest BCUT2D eigenvalue weighted by Gasteiger charge is 2.20. The number of sulfonamides is 1. The lowest BCUT2D eigenvalue weighted by Gasteiger charge is -2.21. The maximum Gasteiger partial charge on any atom is 0.283 e. The van der Waals surface area contributed by atoms with Crippen molar-refractivity contribution >= 4 is 27.5 Å². The number of nitrogens with one attached hydrogen (secondary N) is 1. The number of hydrogen-bond donors (Lipinski definition) is 1. The van der Waals surface area contributed by atoms with Crippen LogP contribution in [0, 0.1) is 5.92 Å². The standard InChI is InChI=1S/C20H29N3O3S/c1-23-15-5-8-19(23)22-27(25,26)18-12-10-17(11-13-18)21-20(24)14-9-16-6-3-2-4-7-16/h10-13,16H,2-9,14-15H2,1H3,(H,21,24)/b22-19+. The Morgan fingerprint density at radius 3 is 2.48 bits per heavy atom. The summed E-state index contributed by atoms with van der Waals surface area (Å²) >= 11 is 0. The average molecular weight is 392 g/mol. The van der Waals surface area contributed by atoms with Crippen LogP contribution in [0.4, 0.5) is 5.69 Å². The molecule has 0 bridgehead atoms. The number of nitrogens with zero attached hydrogens (tertiary/aromatic N) is 2. The summed E-state index contributed by atoms with van der Waals surface area (Å²) < 4.78 is 28.8. The fraction of sp³-hybridized carbons (Fsp3) is 0.600. The number of amides is 1. The van der Waals surface area contributed by atoms with E-state index in [1.807, 2.05) is 11.9 Å². The van der Waals surface area contributed by atoms with Gasteiger partial charge in [0.2, 0.25) is 5.91 Å². The van der Waals surface area contributed by atoms with E-state index in [0.29, 0.717) is 30.3 Å². The number of benzene rings is 1. The van der Waals surface area contributed by atoms with E-state index in [2.05, 4.69) is 9.71 Å². The van der Waals surface area contributed by atoms with Gasteiger partial charge in [-0.3, -0.25) is 4.79 Å².